The summed E-state index contributed by atoms with van der Waals surface area (Å²) in [6, 6.07) is 10.3. The van der Waals surface area contributed by atoms with Crippen LogP contribution in [0.1, 0.15) is 54.8 Å². The number of benzene rings is 2. The van der Waals surface area contributed by atoms with Crippen molar-refractivity contribution < 1.29 is 27.6 Å². The molecule has 2 saturated heterocycles. The fourth-order valence-corrected chi connectivity index (χ4v) is 6.57. The monoisotopic (exact) mass is 509 g/mol. The normalized spacial score (nSPS) is 27.2. The highest BCUT2D eigenvalue weighted by molar-refractivity contribution is 6.11. The lowest BCUT2D eigenvalue weighted by molar-refractivity contribution is -0.146. The maximum Gasteiger partial charge on any atom is 0.416 e. The van der Waals surface area contributed by atoms with Gasteiger partial charge in [0.1, 0.15) is 6.04 Å². The van der Waals surface area contributed by atoms with Crippen LogP contribution >= 0.6 is 0 Å². The summed E-state index contributed by atoms with van der Waals surface area (Å²) in [5.74, 6) is -2.87. The van der Waals surface area contributed by atoms with E-state index in [-0.39, 0.29) is 23.5 Å². The Morgan fingerprint density at radius 1 is 0.919 bits per heavy atom. The second kappa shape index (κ2) is 8.75. The van der Waals surface area contributed by atoms with Gasteiger partial charge in [0.15, 0.2) is 0 Å². The molecule has 3 aliphatic heterocycles. The van der Waals surface area contributed by atoms with E-state index in [1.54, 1.807) is 11.1 Å². The molecule has 2 aromatic rings. The molecule has 1 saturated carbocycles. The Balaban J connectivity index is 1.38. The summed E-state index contributed by atoms with van der Waals surface area (Å²) in [6.07, 6.45) is 3.47. The highest BCUT2D eigenvalue weighted by atomic mass is 19.4. The van der Waals surface area contributed by atoms with Crippen LogP contribution in [0.25, 0.3) is 6.08 Å². The van der Waals surface area contributed by atoms with Gasteiger partial charge in [0.2, 0.25) is 17.7 Å². The average Bonchev–Trinajstić information content (AvgIpc) is 3.36. The van der Waals surface area contributed by atoms with E-state index in [0.29, 0.717) is 0 Å². The number of hydrogen-bond acceptors (Lipinski definition) is 4. The summed E-state index contributed by atoms with van der Waals surface area (Å²) < 4.78 is 39.7. The molecular weight excluding hydrogens is 483 g/mol. The lowest BCUT2D eigenvalue weighted by Crippen LogP contribution is -2.49. The molecule has 4 atom stereocenters. The molecule has 37 heavy (non-hydrogen) atoms. The largest absolute Gasteiger partial charge is 0.416 e. The van der Waals surface area contributed by atoms with Crippen LogP contribution < -0.4 is 5.32 Å². The smallest absolute Gasteiger partial charge is 0.357 e. The number of anilines is 1. The number of nitrogens with one attached hydrogen (secondary N) is 1. The van der Waals surface area contributed by atoms with Crippen molar-refractivity contribution in [3.8, 4) is 0 Å². The maximum absolute atomic E-state index is 13.8. The van der Waals surface area contributed by atoms with E-state index in [2.05, 4.69) is 5.32 Å². The van der Waals surface area contributed by atoms with Crippen molar-refractivity contribution in [3.05, 3.63) is 71.4 Å². The number of carbonyl (C=O) groups is 3. The SMILES string of the molecule is O=C(Nc1cccc(C(F)(F)F)c1)[C@@H]1[C@@H]2C(=O)N(C3CCCCC3)C(=O)[C@@H]2[C@@H]2c3ccccc3C=CN12. The van der Waals surface area contributed by atoms with Crippen molar-refractivity contribution in [2.45, 2.75) is 56.4 Å². The highest BCUT2D eigenvalue weighted by Crippen LogP contribution is 2.53. The minimum atomic E-state index is -4.56. The number of carbonyl (C=O) groups excluding carboxylic acids is 3. The Kier molecular flexibility index (Phi) is 5.62. The molecule has 3 amide bonds. The van der Waals surface area contributed by atoms with E-state index in [4.69, 9.17) is 0 Å². The van der Waals surface area contributed by atoms with Crippen molar-refractivity contribution in [2.24, 2.45) is 11.8 Å². The summed E-state index contributed by atoms with van der Waals surface area (Å²) in [4.78, 5) is 44.5. The molecule has 3 fully saturated rings. The van der Waals surface area contributed by atoms with Crippen LogP contribution in [-0.2, 0) is 20.6 Å². The van der Waals surface area contributed by atoms with Crippen molar-refractivity contribution >= 4 is 29.5 Å². The van der Waals surface area contributed by atoms with Crippen LogP contribution in [0.3, 0.4) is 0 Å². The van der Waals surface area contributed by atoms with E-state index >= 15 is 0 Å². The molecule has 0 spiro atoms. The zero-order chi connectivity index (χ0) is 25.9. The Labute approximate surface area is 212 Å². The molecule has 0 radical (unpaired) electrons. The molecule has 192 valence electrons. The molecule has 2 aromatic carbocycles. The van der Waals surface area contributed by atoms with Crippen molar-refractivity contribution in [1.82, 2.24) is 9.80 Å². The molecule has 4 aliphatic rings. The van der Waals surface area contributed by atoms with Gasteiger partial charge in [-0.05, 0) is 48.2 Å². The molecule has 1 aliphatic carbocycles. The van der Waals surface area contributed by atoms with E-state index in [9.17, 15) is 27.6 Å². The first-order valence-corrected chi connectivity index (χ1v) is 12.7. The van der Waals surface area contributed by atoms with E-state index < -0.39 is 41.6 Å². The van der Waals surface area contributed by atoms with E-state index in [1.807, 2.05) is 30.3 Å². The number of alkyl halides is 3. The lowest BCUT2D eigenvalue weighted by atomic mass is 9.84. The summed E-state index contributed by atoms with van der Waals surface area (Å²) >= 11 is 0. The van der Waals surface area contributed by atoms with E-state index in [0.717, 1.165) is 55.4 Å². The average molecular weight is 510 g/mol. The number of halogens is 3. The molecule has 0 bridgehead atoms. The van der Waals surface area contributed by atoms with Crippen molar-refractivity contribution in [3.63, 3.8) is 0 Å². The second-order valence-electron chi connectivity index (χ2n) is 10.2. The van der Waals surface area contributed by atoms with Gasteiger partial charge >= 0.3 is 6.18 Å². The zero-order valence-corrected chi connectivity index (χ0v) is 19.9. The minimum absolute atomic E-state index is 0.0119. The number of imide groups is 1. The van der Waals surface area contributed by atoms with Gasteiger partial charge in [-0.25, -0.2) is 0 Å². The van der Waals surface area contributed by atoms with Crippen LogP contribution in [0.15, 0.2) is 54.7 Å². The van der Waals surface area contributed by atoms with Crippen LogP contribution in [0.5, 0.6) is 0 Å². The summed E-state index contributed by atoms with van der Waals surface area (Å²) in [5.41, 5.74) is 0.885. The molecule has 6 rings (SSSR count). The quantitative estimate of drug-likeness (QED) is 0.592. The molecule has 1 N–H and O–H groups in total. The molecular formula is C28H26F3N3O3. The number of fused-ring (bicyclic) bond motifs is 5. The topological polar surface area (TPSA) is 69.7 Å². The first kappa shape index (κ1) is 23.8. The summed E-state index contributed by atoms with van der Waals surface area (Å²) in [5, 5.41) is 2.60. The third kappa shape index (κ3) is 3.83. The minimum Gasteiger partial charge on any atom is -0.357 e. The molecule has 9 heteroatoms. The predicted octanol–water partition coefficient (Wildman–Crippen LogP) is 4.99. The fraction of sp³-hybridized carbons (Fsp3) is 0.393. The van der Waals surface area contributed by atoms with Gasteiger partial charge in [0.25, 0.3) is 0 Å². The number of likely N-dealkylation sites (tertiary alicyclic amines) is 1. The first-order valence-electron chi connectivity index (χ1n) is 12.7. The first-order chi connectivity index (χ1) is 17.8. The van der Waals surface area contributed by atoms with Gasteiger partial charge in [-0.2, -0.15) is 13.2 Å². The highest BCUT2D eigenvalue weighted by Gasteiger charge is 2.65. The Hall–Kier alpha value is -3.62. The lowest BCUT2D eigenvalue weighted by Gasteiger charge is -2.37. The van der Waals surface area contributed by atoms with Gasteiger partial charge in [-0.15, -0.1) is 0 Å². The van der Waals surface area contributed by atoms with Gasteiger partial charge in [-0.3, -0.25) is 19.3 Å². The predicted molar refractivity (Wildman–Crippen MR) is 130 cm³/mol. The summed E-state index contributed by atoms with van der Waals surface area (Å²) in [6.45, 7) is 0. The van der Waals surface area contributed by atoms with Gasteiger partial charge in [0.05, 0.1) is 23.4 Å². The molecule has 6 nitrogen and oxygen atoms in total. The van der Waals surface area contributed by atoms with Gasteiger partial charge in [0, 0.05) is 17.9 Å². The van der Waals surface area contributed by atoms with Gasteiger partial charge in [-0.1, -0.05) is 49.6 Å². The zero-order valence-electron chi connectivity index (χ0n) is 19.9. The maximum atomic E-state index is 13.8. The van der Waals surface area contributed by atoms with Crippen molar-refractivity contribution in [1.29, 1.82) is 0 Å². The van der Waals surface area contributed by atoms with Crippen LogP contribution in [0.4, 0.5) is 18.9 Å². The van der Waals surface area contributed by atoms with Crippen LogP contribution in [0.2, 0.25) is 0 Å². The number of hydrogen-bond donors (Lipinski definition) is 1. The van der Waals surface area contributed by atoms with Crippen LogP contribution in [0, 0.1) is 11.8 Å². The second-order valence-corrected chi connectivity index (χ2v) is 10.2. The van der Waals surface area contributed by atoms with E-state index in [1.165, 1.54) is 17.0 Å². The standard InChI is InChI=1S/C28H26F3N3O3/c29-28(30,31)17-8-6-9-18(15-17)32-25(35)24-22-21(23-20-12-5-4-7-16(20)13-14-33(23)24)26(36)34(27(22)37)19-10-2-1-3-11-19/h4-9,12-15,19,21-24H,1-3,10-11H2,(H,32,35)/t21-,22+,23-,24-/m0/s1. The van der Waals surface area contributed by atoms with Crippen molar-refractivity contribution in [2.75, 3.05) is 5.32 Å². The number of amides is 3. The molecule has 3 heterocycles. The Morgan fingerprint density at radius 3 is 2.41 bits per heavy atom. The third-order valence-corrected chi connectivity index (χ3v) is 8.16. The Morgan fingerprint density at radius 2 is 1.65 bits per heavy atom. The Bertz CT molecular complexity index is 1300. The fourth-order valence-electron chi connectivity index (χ4n) is 6.57. The van der Waals surface area contributed by atoms with Gasteiger partial charge < -0.3 is 10.2 Å². The molecule has 0 unspecified atom stereocenters. The third-order valence-electron chi connectivity index (χ3n) is 8.16. The summed E-state index contributed by atoms with van der Waals surface area (Å²) in [7, 11) is 0. The number of rotatable bonds is 3. The number of nitrogens with zero attached hydrogens (tertiary/aromatic N) is 2. The molecule has 0 aromatic heterocycles. The van der Waals surface area contributed by atoms with Crippen LogP contribution in [-0.4, -0.2) is 39.6 Å².